The molecular formula is C42H64S4. The molecule has 0 atom stereocenters. The SMILES string of the molecule is CCCCCCCCCCCCCCc1ccsc1-c1cc2sc(-c3sccc3CCCCCCCCCCCCCC)cc2s1. The van der Waals surface area contributed by atoms with Gasteiger partial charge in [0.1, 0.15) is 0 Å². The highest BCUT2D eigenvalue weighted by molar-refractivity contribution is 7.33. The second kappa shape index (κ2) is 23.4. The van der Waals surface area contributed by atoms with Crippen molar-refractivity contribution in [2.45, 2.75) is 181 Å². The van der Waals surface area contributed by atoms with Gasteiger partial charge in [-0.1, -0.05) is 155 Å². The molecule has 4 heteroatoms. The third kappa shape index (κ3) is 13.5. The Morgan fingerprint density at radius 3 is 1.02 bits per heavy atom. The third-order valence-corrected chi connectivity index (χ3v) is 14.3. The smallest absolute Gasteiger partial charge is 0.0475 e. The van der Waals surface area contributed by atoms with Crippen LogP contribution in [0.2, 0.25) is 0 Å². The maximum atomic E-state index is 2.49. The minimum Gasteiger partial charge on any atom is -0.143 e. The molecule has 4 rings (SSSR count). The van der Waals surface area contributed by atoms with Gasteiger partial charge in [-0.15, -0.1) is 45.3 Å². The van der Waals surface area contributed by atoms with Crippen molar-refractivity contribution in [3.05, 3.63) is 46.2 Å². The Kier molecular flexibility index (Phi) is 19.3. The van der Waals surface area contributed by atoms with Crippen LogP contribution < -0.4 is 0 Å². The molecule has 0 aliphatic heterocycles. The summed E-state index contributed by atoms with van der Waals surface area (Å²) >= 11 is 7.93. The van der Waals surface area contributed by atoms with Crippen LogP contribution in [0.1, 0.15) is 179 Å². The molecule has 0 fully saturated rings. The normalized spacial score (nSPS) is 11.8. The predicted octanol–water partition coefficient (Wildman–Crippen LogP) is 16.9. The molecule has 0 unspecified atom stereocenters. The van der Waals surface area contributed by atoms with E-state index in [9.17, 15) is 0 Å². The Labute approximate surface area is 299 Å². The van der Waals surface area contributed by atoms with E-state index in [1.54, 1.807) is 11.1 Å². The number of hydrogen-bond donors (Lipinski definition) is 0. The number of rotatable bonds is 28. The fourth-order valence-electron chi connectivity index (χ4n) is 6.87. The van der Waals surface area contributed by atoms with Gasteiger partial charge in [0, 0.05) is 28.9 Å². The molecule has 46 heavy (non-hydrogen) atoms. The number of unbranched alkanes of at least 4 members (excludes halogenated alkanes) is 22. The Morgan fingerprint density at radius 2 is 0.696 bits per heavy atom. The molecule has 4 aromatic rings. The summed E-state index contributed by atoms with van der Waals surface area (Å²) in [4.78, 5) is 6.03. The molecule has 0 nitrogen and oxygen atoms in total. The van der Waals surface area contributed by atoms with Crippen LogP contribution in [0.4, 0.5) is 0 Å². The maximum Gasteiger partial charge on any atom is 0.0475 e. The van der Waals surface area contributed by atoms with E-state index in [1.807, 2.05) is 45.3 Å². The molecule has 0 aliphatic carbocycles. The first kappa shape index (κ1) is 37.9. The Morgan fingerprint density at radius 1 is 0.391 bits per heavy atom. The van der Waals surface area contributed by atoms with E-state index in [4.69, 9.17) is 0 Å². The van der Waals surface area contributed by atoms with E-state index < -0.39 is 0 Å². The van der Waals surface area contributed by atoms with Gasteiger partial charge in [-0.2, -0.15) is 0 Å². The lowest BCUT2D eigenvalue weighted by atomic mass is 10.0. The monoisotopic (exact) mass is 696 g/mol. The summed E-state index contributed by atoms with van der Waals surface area (Å²) in [5, 5.41) is 4.63. The molecule has 0 saturated heterocycles. The molecular weight excluding hydrogens is 633 g/mol. The van der Waals surface area contributed by atoms with Crippen molar-refractivity contribution >= 4 is 54.7 Å². The van der Waals surface area contributed by atoms with Crippen LogP contribution in [-0.4, -0.2) is 0 Å². The fraction of sp³-hybridized carbons (Fsp3) is 0.667. The predicted molar refractivity (Wildman–Crippen MR) is 216 cm³/mol. The minimum absolute atomic E-state index is 1.24. The zero-order valence-corrected chi connectivity index (χ0v) is 32.7. The summed E-state index contributed by atoms with van der Waals surface area (Å²) in [5.74, 6) is 0. The van der Waals surface area contributed by atoms with Crippen LogP contribution in [0.15, 0.2) is 35.0 Å². The molecule has 0 saturated carbocycles. The van der Waals surface area contributed by atoms with Crippen LogP contribution in [0.25, 0.3) is 28.9 Å². The molecule has 0 bridgehead atoms. The first-order valence-corrected chi connectivity index (χ1v) is 22.9. The zero-order chi connectivity index (χ0) is 32.1. The van der Waals surface area contributed by atoms with Gasteiger partial charge in [-0.05, 0) is 71.8 Å². The highest BCUT2D eigenvalue weighted by atomic mass is 32.1. The van der Waals surface area contributed by atoms with Gasteiger partial charge in [-0.25, -0.2) is 0 Å². The van der Waals surface area contributed by atoms with Crippen molar-refractivity contribution in [2.75, 3.05) is 0 Å². The second-order valence-corrected chi connectivity index (χ2v) is 17.8. The summed E-state index contributed by atoms with van der Waals surface area (Å²) in [6.45, 7) is 4.61. The summed E-state index contributed by atoms with van der Waals surface area (Å²) in [7, 11) is 0. The van der Waals surface area contributed by atoms with E-state index in [-0.39, 0.29) is 0 Å². The molecule has 0 spiro atoms. The molecule has 4 aromatic heterocycles. The van der Waals surface area contributed by atoms with Crippen LogP contribution in [0.5, 0.6) is 0 Å². The number of thiophene rings is 4. The van der Waals surface area contributed by atoms with Gasteiger partial charge in [0.15, 0.2) is 0 Å². The number of hydrogen-bond acceptors (Lipinski definition) is 4. The van der Waals surface area contributed by atoms with Gasteiger partial charge in [0.05, 0.1) is 0 Å². The Balaban J connectivity index is 1.13. The standard InChI is InChI=1S/C42H64S4/c1-3-5-7-9-11-13-15-17-19-21-23-25-27-35-29-31-43-41(35)39-33-37-38(45-39)34-40(46-37)42-36(30-32-44-42)28-26-24-22-20-18-16-14-12-10-8-6-4-2/h29-34H,3-28H2,1-2H3. The lowest BCUT2D eigenvalue weighted by Gasteiger charge is -2.04. The molecule has 0 radical (unpaired) electrons. The minimum atomic E-state index is 1.24. The van der Waals surface area contributed by atoms with E-state index >= 15 is 0 Å². The van der Waals surface area contributed by atoms with Crippen LogP contribution in [0, 0.1) is 0 Å². The summed E-state index contributed by atoms with van der Waals surface area (Å²) in [5.41, 5.74) is 3.16. The Hall–Kier alpha value is -0.940. The average molecular weight is 697 g/mol. The second-order valence-electron chi connectivity index (χ2n) is 13.8. The Bertz CT molecular complexity index is 1170. The average Bonchev–Trinajstić information content (AvgIpc) is 3.86. The molecule has 4 heterocycles. The van der Waals surface area contributed by atoms with Gasteiger partial charge in [-0.3, -0.25) is 0 Å². The summed E-state index contributed by atoms with van der Waals surface area (Å²) in [6, 6.07) is 9.77. The maximum absolute atomic E-state index is 2.49. The molecule has 0 aliphatic rings. The molecule has 256 valence electrons. The quantitative estimate of drug-likeness (QED) is 0.0519. The fourth-order valence-corrected chi connectivity index (χ4v) is 11.5. The van der Waals surface area contributed by atoms with Crippen molar-refractivity contribution in [1.29, 1.82) is 0 Å². The number of fused-ring (bicyclic) bond motifs is 1. The van der Waals surface area contributed by atoms with E-state index in [2.05, 4.69) is 48.9 Å². The van der Waals surface area contributed by atoms with Crippen LogP contribution >= 0.6 is 45.3 Å². The molecule has 0 amide bonds. The van der Waals surface area contributed by atoms with Gasteiger partial charge < -0.3 is 0 Å². The van der Waals surface area contributed by atoms with Crippen molar-refractivity contribution in [2.24, 2.45) is 0 Å². The third-order valence-electron chi connectivity index (χ3n) is 9.75. The summed E-state index contributed by atoms with van der Waals surface area (Å²) in [6.07, 6.45) is 36.6. The first-order chi connectivity index (χ1) is 22.8. The van der Waals surface area contributed by atoms with Crippen LogP contribution in [-0.2, 0) is 12.8 Å². The van der Waals surface area contributed by atoms with Crippen molar-refractivity contribution in [1.82, 2.24) is 0 Å². The topological polar surface area (TPSA) is 0 Å². The lowest BCUT2D eigenvalue weighted by molar-refractivity contribution is 0.544. The molecule has 0 N–H and O–H groups in total. The van der Waals surface area contributed by atoms with Gasteiger partial charge in [0.25, 0.3) is 0 Å². The van der Waals surface area contributed by atoms with Gasteiger partial charge in [0.2, 0.25) is 0 Å². The summed E-state index contributed by atoms with van der Waals surface area (Å²) < 4.78 is 2.95. The lowest BCUT2D eigenvalue weighted by Crippen LogP contribution is -1.87. The van der Waals surface area contributed by atoms with Crippen molar-refractivity contribution in [3.63, 3.8) is 0 Å². The van der Waals surface area contributed by atoms with Gasteiger partial charge >= 0.3 is 0 Å². The van der Waals surface area contributed by atoms with Crippen molar-refractivity contribution < 1.29 is 0 Å². The van der Waals surface area contributed by atoms with E-state index in [0.717, 1.165) is 0 Å². The zero-order valence-electron chi connectivity index (χ0n) is 29.5. The molecule has 0 aromatic carbocycles. The van der Waals surface area contributed by atoms with E-state index in [1.165, 1.54) is 196 Å². The largest absolute Gasteiger partial charge is 0.143 e. The van der Waals surface area contributed by atoms with Crippen molar-refractivity contribution in [3.8, 4) is 19.5 Å². The first-order valence-electron chi connectivity index (χ1n) is 19.5. The highest BCUT2D eigenvalue weighted by Crippen LogP contribution is 2.45. The highest BCUT2D eigenvalue weighted by Gasteiger charge is 2.15. The number of aryl methyl sites for hydroxylation is 2. The van der Waals surface area contributed by atoms with Crippen LogP contribution in [0.3, 0.4) is 0 Å². The van der Waals surface area contributed by atoms with E-state index in [0.29, 0.717) is 0 Å².